The Morgan fingerprint density at radius 1 is 0.311 bits per heavy atom. The number of furan rings is 1. The molecule has 1 nitrogen and oxygen atoms in total. The molecule has 0 aliphatic heterocycles. The van der Waals surface area contributed by atoms with Crippen molar-refractivity contribution in [3.05, 3.63) is 202 Å². The minimum atomic E-state index is -0.483. The van der Waals surface area contributed by atoms with Crippen molar-refractivity contribution in [3.63, 3.8) is 0 Å². The zero-order valence-corrected chi connectivity index (χ0v) is 24.4. The van der Waals surface area contributed by atoms with Gasteiger partial charge in [-0.05, 0) is 78.9 Å². The van der Waals surface area contributed by atoms with Crippen LogP contribution in [0.5, 0.6) is 0 Å². The molecule has 0 unspecified atom stereocenters. The maximum Gasteiger partial charge on any atom is 0.136 e. The molecule has 8 aromatic rings. The van der Waals surface area contributed by atoms with Gasteiger partial charge in [0.15, 0.2) is 0 Å². The van der Waals surface area contributed by atoms with Crippen LogP contribution in [0, 0.1) is 0 Å². The number of para-hydroxylation sites is 1. The van der Waals surface area contributed by atoms with Crippen molar-refractivity contribution < 1.29 is 4.42 Å². The van der Waals surface area contributed by atoms with Crippen LogP contribution in [0.4, 0.5) is 0 Å². The second-order valence-electron chi connectivity index (χ2n) is 12.7. The summed E-state index contributed by atoms with van der Waals surface area (Å²) in [6.07, 6.45) is 0. The molecule has 11 rings (SSSR count). The van der Waals surface area contributed by atoms with E-state index in [0.717, 1.165) is 11.2 Å². The summed E-state index contributed by atoms with van der Waals surface area (Å²) in [5.74, 6) is 0. The van der Waals surface area contributed by atoms with E-state index in [4.69, 9.17) is 4.42 Å². The lowest BCUT2D eigenvalue weighted by atomic mass is 9.52. The van der Waals surface area contributed by atoms with Gasteiger partial charge >= 0.3 is 0 Å². The molecule has 0 N–H and O–H groups in total. The third-order valence-corrected chi connectivity index (χ3v) is 11.0. The lowest BCUT2D eigenvalue weighted by Crippen LogP contribution is -2.43. The van der Waals surface area contributed by atoms with Gasteiger partial charge in [0.25, 0.3) is 0 Å². The SMILES string of the molecule is c1ccc2c(c1)-c1ccccc1C21c2ccccc2C2(c3ccccc3-c3c2ccc2oc4ccccc4c32)c2ccccc21. The van der Waals surface area contributed by atoms with E-state index in [0.29, 0.717) is 0 Å². The highest BCUT2D eigenvalue weighted by atomic mass is 16.3. The molecule has 1 heteroatoms. The van der Waals surface area contributed by atoms with Crippen LogP contribution < -0.4 is 0 Å². The Kier molecular flexibility index (Phi) is 4.27. The summed E-state index contributed by atoms with van der Waals surface area (Å²) in [5, 5.41) is 2.38. The maximum atomic E-state index is 6.46. The lowest BCUT2D eigenvalue weighted by molar-refractivity contribution is 0.632. The van der Waals surface area contributed by atoms with E-state index in [1.54, 1.807) is 0 Å². The van der Waals surface area contributed by atoms with Crippen LogP contribution in [0.3, 0.4) is 0 Å². The number of hydrogen-bond acceptors (Lipinski definition) is 1. The fourth-order valence-corrected chi connectivity index (χ4v) is 9.54. The van der Waals surface area contributed by atoms with Crippen molar-refractivity contribution in [1.82, 2.24) is 0 Å². The third kappa shape index (κ3) is 2.53. The van der Waals surface area contributed by atoms with E-state index in [1.165, 1.54) is 77.5 Å². The number of rotatable bonds is 0. The van der Waals surface area contributed by atoms with E-state index >= 15 is 0 Å². The summed E-state index contributed by atoms with van der Waals surface area (Å²) in [6.45, 7) is 0. The molecule has 3 aliphatic carbocycles. The Bertz CT molecular complexity index is 2470. The van der Waals surface area contributed by atoms with Crippen molar-refractivity contribution in [2.24, 2.45) is 0 Å². The van der Waals surface area contributed by atoms with Gasteiger partial charge in [-0.2, -0.15) is 0 Å². The van der Waals surface area contributed by atoms with Gasteiger partial charge in [0.2, 0.25) is 0 Å². The Labute approximate surface area is 261 Å². The summed E-state index contributed by atoms with van der Waals surface area (Å²) in [7, 11) is 0. The third-order valence-electron chi connectivity index (χ3n) is 11.0. The number of fused-ring (bicyclic) bond motifs is 20. The van der Waals surface area contributed by atoms with Crippen molar-refractivity contribution >= 4 is 21.9 Å². The summed E-state index contributed by atoms with van der Waals surface area (Å²) >= 11 is 0. The molecule has 0 bridgehead atoms. The summed E-state index contributed by atoms with van der Waals surface area (Å²) in [6, 6.07) is 58.8. The number of hydrogen-bond donors (Lipinski definition) is 0. The van der Waals surface area contributed by atoms with Crippen molar-refractivity contribution in [2.75, 3.05) is 0 Å². The fraction of sp³-hybridized carbons (Fsp3) is 0.0455. The smallest absolute Gasteiger partial charge is 0.136 e. The van der Waals surface area contributed by atoms with E-state index in [1.807, 2.05) is 0 Å². The van der Waals surface area contributed by atoms with Crippen LogP contribution in [-0.2, 0) is 10.8 Å². The second-order valence-corrected chi connectivity index (χ2v) is 12.7. The van der Waals surface area contributed by atoms with Gasteiger partial charge in [0.1, 0.15) is 11.2 Å². The Morgan fingerprint density at radius 3 is 1.31 bits per heavy atom. The minimum Gasteiger partial charge on any atom is -0.456 e. The molecule has 0 fully saturated rings. The standard InChI is InChI=1S/C44H26O/c1-5-17-31-27(13-1)28-14-2-6-18-32(28)43(31)34-20-8-10-22-36(34)44(37-23-11-9-21-35(37)43)33-19-7-3-15-29(33)41-38(44)25-26-40-42(41)30-16-4-12-24-39(30)45-40/h1-26H. The molecular formula is C44H26O. The van der Waals surface area contributed by atoms with Gasteiger partial charge < -0.3 is 4.42 Å². The molecule has 1 aromatic heterocycles. The molecule has 7 aromatic carbocycles. The zero-order chi connectivity index (χ0) is 29.3. The Morgan fingerprint density at radius 2 is 0.733 bits per heavy atom. The van der Waals surface area contributed by atoms with Crippen LogP contribution in [0.15, 0.2) is 162 Å². The molecule has 0 saturated heterocycles. The average Bonchev–Trinajstić information content (AvgIpc) is 3.73. The van der Waals surface area contributed by atoms with Gasteiger partial charge in [-0.1, -0.05) is 146 Å². The molecule has 0 saturated carbocycles. The predicted molar refractivity (Wildman–Crippen MR) is 182 cm³/mol. The Hall–Kier alpha value is -5.66. The molecule has 1 heterocycles. The highest BCUT2D eigenvalue weighted by molar-refractivity contribution is 6.15. The van der Waals surface area contributed by atoms with Gasteiger partial charge in [-0.15, -0.1) is 0 Å². The van der Waals surface area contributed by atoms with E-state index in [2.05, 4.69) is 158 Å². The highest BCUT2D eigenvalue weighted by Gasteiger charge is 2.59. The first kappa shape index (κ1) is 23.8. The van der Waals surface area contributed by atoms with E-state index in [9.17, 15) is 0 Å². The monoisotopic (exact) mass is 570 g/mol. The highest BCUT2D eigenvalue weighted by Crippen LogP contribution is 2.68. The average molecular weight is 571 g/mol. The molecule has 2 spiro atoms. The molecule has 0 radical (unpaired) electrons. The second kappa shape index (κ2) is 8.08. The van der Waals surface area contributed by atoms with E-state index < -0.39 is 10.8 Å². The predicted octanol–water partition coefficient (Wildman–Crippen LogP) is 10.6. The van der Waals surface area contributed by atoms with Crippen LogP contribution in [-0.4, -0.2) is 0 Å². The van der Waals surface area contributed by atoms with Crippen LogP contribution in [0.25, 0.3) is 44.2 Å². The zero-order valence-electron chi connectivity index (χ0n) is 24.4. The maximum absolute atomic E-state index is 6.46. The van der Waals surface area contributed by atoms with Crippen molar-refractivity contribution in [3.8, 4) is 22.3 Å². The first-order valence-corrected chi connectivity index (χ1v) is 15.8. The van der Waals surface area contributed by atoms with Gasteiger partial charge in [-0.25, -0.2) is 0 Å². The fourth-order valence-electron chi connectivity index (χ4n) is 9.54. The molecule has 45 heavy (non-hydrogen) atoms. The first-order valence-electron chi connectivity index (χ1n) is 15.8. The first-order chi connectivity index (χ1) is 22.3. The normalized spacial score (nSPS) is 15.5. The summed E-state index contributed by atoms with van der Waals surface area (Å²) in [5.41, 5.74) is 17.0. The molecule has 3 aliphatic rings. The van der Waals surface area contributed by atoms with Crippen LogP contribution in [0.1, 0.15) is 44.5 Å². The largest absolute Gasteiger partial charge is 0.456 e. The number of benzene rings is 7. The molecular weight excluding hydrogens is 544 g/mol. The lowest BCUT2D eigenvalue weighted by Gasteiger charge is -2.48. The van der Waals surface area contributed by atoms with Crippen molar-refractivity contribution in [2.45, 2.75) is 10.8 Å². The molecule has 208 valence electrons. The van der Waals surface area contributed by atoms with E-state index in [-0.39, 0.29) is 0 Å². The summed E-state index contributed by atoms with van der Waals surface area (Å²) < 4.78 is 6.46. The minimum absolute atomic E-state index is 0.421. The van der Waals surface area contributed by atoms with Crippen LogP contribution in [0.2, 0.25) is 0 Å². The quantitative estimate of drug-likeness (QED) is 0.177. The van der Waals surface area contributed by atoms with Gasteiger partial charge in [0, 0.05) is 10.8 Å². The topological polar surface area (TPSA) is 13.1 Å². The van der Waals surface area contributed by atoms with Gasteiger partial charge in [-0.3, -0.25) is 0 Å². The molecule has 0 atom stereocenters. The van der Waals surface area contributed by atoms with Gasteiger partial charge in [0.05, 0.1) is 10.8 Å². The summed E-state index contributed by atoms with van der Waals surface area (Å²) in [4.78, 5) is 0. The Balaban J connectivity index is 1.37. The van der Waals surface area contributed by atoms with Crippen LogP contribution >= 0.6 is 0 Å². The molecule has 0 amide bonds. The van der Waals surface area contributed by atoms with Crippen molar-refractivity contribution in [1.29, 1.82) is 0 Å².